The summed E-state index contributed by atoms with van der Waals surface area (Å²) < 4.78 is 13.4. The first-order valence-electron chi connectivity index (χ1n) is 9.38. The second-order valence-electron chi connectivity index (χ2n) is 7.24. The Bertz CT molecular complexity index is 1250. The van der Waals surface area contributed by atoms with Crippen LogP contribution in [0.1, 0.15) is 27.0 Å². The summed E-state index contributed by atoms with van der Waals surface area (Å²) in [5, 5.41) is 1.63. The summed E-state index contributed by atoms with van der Waals surface area (Å²) in [5.74, 6) is -0.302. The van der Waals surface area contributed by atoms with Crippen molar-refractivity contribution in [3.8, 4) is 0 Å². The Morgan fingerprint density at radius 1 is 1.14 bits per heavy atom. The van der Waals surface area contributed by atoms with Gasteiger partial charge >= 0.3 is 0 Å². The molecule has 6 heteroatoms. The van der Waals surface area contributed by atoms with Gasteiger partial charge in [0.05, 0.1) is 11.9 Å². The van der Waals surface area contributed by atoms with Gasteiger partial charge in [0.2, 0.25) is 0 Å². The molecule has 0 atom stereocenters. The van der Waals surface area contributed by atoms with Gasteiger partial charge in [-0.05, 0) is 65.6 Å². The van der Waals surface area contributed by atoms with Gasteiger partial charge in [0.25, 0.3) is 5.91 Å². The molecule has 1 amide bonds. The molecule has 4 aromatic rings. The smallest absolute Gasteiger partial charge is 0.258 e. The predicted molar refractivity (Wildman–Crippen MR) is 112 cm³/mol. The third-order valence-electron chi connectivity index (χ3n) is 5.36. The molecule has 2 aromatic heterocycles. The number of anilines is 1. The molecule has 2 aromatic carbocycles. The first kappa shape index (κ1) is 17.9. The van der Waals surface area contributed by atoms with E-state index < -0.39 is 0 Å². The van der Waals surface area contributed by atoms with E-state index in [1.165, 1.54) is 12.1 Å². The van der Waals surface area contributed by atoms with E-state index in [2.05, 4.69) is 9.97 Å². The van der Waals surface area contributed by atoms with Crippen molar-refractivity contribution in [3.63, 3.8) is 0 Å². The maximum atomic E-state index is 13.4. The molecular formula is C23H17ClFN3O. The third-order valence-corrected chi connectivity index (χ3v) is 5.60. The Morgan fingerprint density at radius 3 is 2.93 bits per heavy atom. The molecule has 1 N–H and O–H groups in total. The number of aromatic amines is 1. The number of nitrogens with one attached hydrogen (secondary N) is 1. The van der Waals surface area contributed by atoms with E-state index in [1.54, 1.807) is 35.5 Å². The van der Waals surface area contributed by atoms with E-state index in [9.17, 15) is 9.18 Å². The van der Waals surface area contributed by atoms with E-state index in [0.29, 0.717) is 23.6 Å². The minimum absolute atomic E-state index is 0.0376. The van der Waals surface area contributed by atoms with Gasteiger partial charge < -0.3 is 9.88 Å². The highest BCUT2D eigenvalue weighted by atomic mass is 35.5. The van der Waals surface area contributed by atoms with Crippen LogP contribution in [0.25, 0.3) is 10.9 Å². The average Bonchev–Trinajstić information content (AvgIpc) is 3.10. The summed E-state index contributed by atoms with van der Waals surface area (Å²) in [6.07, 6.45) is 6.80. The Hall–Kier alpha value is -3.18. The maximum absolute atomic E-state index is 13.4. The van der Waals surface area contributed by atoms with Crippen molar-refractivity contribution in [1.29, 1.82) is 0 Å². The average molecular weight is 406 g/mol. The minimum Gasteiger partial charge on any atom is -0.361 e. The van der Waals surface area contributed by atoms with Gasteiger partial charge in [-0.2, -0.15) is 0 Å². The van der Waals surface area contributed by atoms with E-state index in [-0.39, 0.29) is 11.7 Å². The fraction of sp³-hybridized carbons (Fsp3) is 0.130. The van der Waals surface area contributed by atoms with Gasteiger partial charge in [-0.15, -0.1) is 0 Å². The van der Waals surface area contributed by atoms with Crippen LogP contribution >= 0.6 is 11.6 Å². The molecule has 1 aliphatic rings. The molecule has 4 nitrogen and oxygen atoms in total. The summed E-state index contributed by atoms with van der Waals surface area (Å²) in [5.41, 5.74) is 5.26. The summed E-state index contributed by atoms with van der Waals surface area (Å²) in [4.78, 5) is 22.2. The molecule has 0 saturated carbocycles. The number of halogens is 2. The topological polar surface area (TPSA) is 49.0 Å². The van der Waals surface area contributed by atoms with Crippen molar-refractivity contribution in [1.82, 2.24) is 9.97 Å². The summed E-state index contributed by atoms with van der Waals surface area (Å²) in [6.45, 7) is 0.587. The Kier molecular flexibility index (Phi) is 4.32. The molecule has 0 saturated heterocycles. The van der Waals surface area contributed by atoms with Crippen LogP contribution in [0.4, 0.5) is 10.1 Å². The molecule has 0 unspecified atom stereocenters. The molecule has 0 bridgehead atoms. The Labute approximate surface area is 172 Å². The van der Waals surface area contributed by atoms with Crippen molar-refractivity contribution in [3.05, 3.63) is 94.1 Å². The molecule has 29 heavy (non-hydrogen) atoms. The highest BCUT2D eigenvalue weighted by Crippen LogP contribution is 2.28. The number of nitrogens with zero attached hydrogens (tertiary/aromatic N) is 2. The van der Waals surface area contributed by atoms with Gasteiger partial charge in [0.1, 0.15) is 5.82 Å². The summed E-state index contributed by atoms with van der Waals surface area (Å²) in [7, 11) is 0. The normalized spacial score (nSPS) is 13.7. The number of fused-ring (bicyclic) bond motifs is 2. The van der Waals surface area contributed by atoms with E-state index in [1.807, 2.05) is 18.3 Å². The number of carbonyl (C=O) groups excluding carboxylic acids is 1. The number of hydrogen-bond acceptors (Lipinski definition) is 2. The van der Waals surface area contributed by atoms with Gasteiger partial charge in [-0.25, -0.2) is 4.39 Å². The van der Waals surface area contributed by atoms with Crippen LogP contribution in [0.15, 0.2) is 61.1 Å². The lowest BCUT2D eigenvalue weighted by molar-refractivity contribution is 0.0980. The standard InChI is InChI=1S/C23H17ClFN3O/c24-17-1-3-21-15(9-17)5-6-28(23(21)29)19-8-14(11-26-13-19)7-16-12-27-22-10-18(25)2-4-20(16)22/h1-4,8-13,27H,5-7H2. The van der Waals surface area contributed by atoms with Crippen LogP contribution in [0, 0.1) is 5.82 Å². The SMILES string of the molecule is O=C1c2ccc(Cl)cc2CCN1c1cncc(Cc2c[nH]c3cc(F)ccc23)c1. The van der Waals surface area contributed by atoms with Crippen molar-refractivity contribution in [2.24, 2.45) is 0 Å². The van der Waals surface area contributed by atoms with Crippen LogP contribution in [-0.4, -0.2) is 22.4 Å². The first-order valence-corrected chi connectivity index (χ1v) is 9.76. The van der Waals surface area contributed by atoms with Gasteiger partial charge in [0, 0.05) is 46.8 Å². The molecule has 0 spiro atoms. The van der Waals surface area contributed by atoms with Crippen molar-refractivity contribution in [2.45, 2.75) is 12.8 Å². The lowest BCUT2D eigenvalue weighted by atomic mass is 9.98. The summed E-state index contributed by atoms with van der Waals surface area (Å²) in [6, 6.07) is 12.1. The fourth-order valence-corrected chi connectivity index (χ4v) is 4.14. The number of pyridine rings is 1. The van der Waals surface area contributed by atoms with E-state index >= 15 is 0 Å². The Morgan fingerprint density at radius 2 is 2.03 bits per heavy atom. The lowest BCUT2D eigenvalue weighted by Gasteiger charge is -2.28. The molecule has 3 heterocycles. The summed E-state index contributed by atoms with van der Waals surface area (Å²) >= 11 is 6.06. The molecular weight excluding hydrogens is 389 g/mol. The zero-order chi connectivity index (χ0) is 20.0. The quantitative estimate of drug-likeness (QED) is 0.512. The second-order valence-corrected chi connectivity index (χ2v) is 7.68. The zero-order valence-electron chi connectivity index (χ0n) is 15.5. The van der Waals surface area contributed by atoms with Crippen LogP contribution in [-0.2, 0) is 12.8 Å². The molecule has 5 rings (SSSR count). The highest BCUT2D eigenvalue weighted by molar-refractivity contribution is 6.30. The number of aromatic nitrogens is 2. The first-order chi connectivity index (χ1) is 14.1. The predicted octanol–water partition coefficient (Wildman–Crippen LogP) is 5.15. The fourth-order valence-electron chi connectivity index (χ4n) is 3.95. The van der Waals surface area contributed by atoms with Crippen molar-refractivity contribution >= 4 is 34.1 Å². The van der Waals surface area contributed by atoms with Gasteiger partial charge in [0.15, 0.2) is 0 Å². The van der Waals surface area contributed by atoms with Crippen LogP contribution < -0.4 is 4.90 Å². The van der Waals surface area contributed by atoms with Crippen LogP contribution in [0.2, 0.25) is 5.02 Å². The van der Waals surface area contributed by atoms with E-state index in [4.69, 9.17) is 11.6 Å². The number of rotatable bonds is 3. The molecule has 0 radical (unpaired) electrons. The molecule has 1 aliphatic heterocycles. The molecule has 144 valence electrons. The number of hydrogen-bond donors (Lipinski definition) is 1. The van der Waals surface area contributed by atoms with Gasteiger partial charge in [-0.3, -0.25) is 9.78 Å². The van der Waals surface area contributed by atoms with Crippen molar-refractivity contribution in [2.75, 3.05) is 11.4 Å². The minimum atomic E-state index is -0.264. The van der Waals surface area contributed by atoms with Crippen LogP contribution in [0.3, 0.4) is 0 Å². The number of H-pyrrole nitrogens is 1. The lowest BCUT2D eigenvalue weighted by Crippen LogP contribution is -2.37. The number of carbonyl (C=O) groups is 1. The number of benzene rings is 2. The highest BCUT2D eigenvalue weighted by Gasteiger charge is 2.26. The monoisotopic (exact) mass is 405 g/mol. The van der Waals surface area contributed by atoms with Crippen LogP contribution in [0.5, 0.6) is 0 Å². The van der Waals surface area contributed by atoms with Gasteiger partial charge in [-0.1, -0.05) is 11.6 Å². The maximum Gasteiger partial charge on any atom is 0.258 e. The second kappa shape index (κ2) is 7.01. The molecule has 0 fully saturated rings. The van der Waals surface area contributed by atoms with Crippen molar-refractivity contribution < 1.29 is 9.18 Å². The Balaban J connectivity index is 1.44. The molecule has 0 aliphatic carbocycles. The number of amides is 1. The van der Waals surface area contributed by atoms with E-state index in [0.717, 1.165) is 39.7 Å². The zero-order valence-corrected chi connectivity index (χ0v) is 16.2. The third kappa shape index (κ3) is 3.28. The largest absolute Gasteiger partial charge is 0.361 e.